The van der Waals surface area contributed by atoms with E-state index in [1.807, 2.05) is 0 Å². The summed E-state index contributed by atoms with van der Waals surface area (Å²) < 4.78 is 44.1. The van der Waals surface area contributed by atoms with Crippen molar-refractivity contribution >= 4 is 28.9 Å². The number of rotatable bonds is 7. The lowest BCUT2D eigenvalue weighted by atomic mass is 10.2. The van der Waals surface area contributed by atoms with Crippen molar-refractivity contribution in [1.29, 1.82) is 0 Å². The fourth-order valence-corrected chi connectivity index (χ4v) is 2.97. The molecule has 0 aromatic heterocycles. The number of anilines is 1. The van der Waals surface area contributed by atoms with Crippen LogP contribution in [0.25, 0.3) is 0 Å². The van der Waals surface area contributed by atoms with E-state index in [0.717, 1.165) is 12.8 Å². The summed E-state index contributed by atoms with van der Waals surface area (Å²) in [5.74, 6) is 1.11. The highest BCUT2D eigenvalue weighted by atomic mass is 35.5. The number of alkyl halides is 3. The van der Waals surface area contributed by atoms with Crippen LogP contribution in [-0.2, 0) is 0 Å². The van der Waals surface area contributed by atoms with Crippen LogP contribution in [0.3, 0.4) is 0 Å². The number of hydrogen-bond donors (Lipinski definition) is 1. The van der Waals surface area contributed by atoms with Gasteiger partial charge in [0, 0.05) is 18.3 Å². The Morgan fingerprint density at radius 1 is 1.15 bits per heavy atom. The molecule has 27 heavy (non-hydrogen) atoms. The number of aliphatic hydroxyl groups is 1. The largest absolute Gasteiger partial charge is 0.456 e. The van der Waals surface area contributed by atoms with Gasteiger partial charge in [0.15, 0.2) is 6.10 Å². The normalized spacial score (nSPS) is 15.5. The molecule has 0 spiro atoms. The Balaban J connectivity index is 1.81. The number of nitrogens with zero attached hydrogens (tertiary/aromatic N) is 1. The molecule has 1 N–H and O–H groups in total. The summed E-state index contributed by atoms with van der Waals surface area (Å²) in [4.78, 5) is 1.54. The van der Waals surface area contributed by atoms with E-state index in [-0.39, 0.29) is 5.02 Å². The van der Waals surface area contributed by atoms with E-state index in [9.17, 15) is 18.3 Å². The third-order valence-corrected chi connectivity index (χ3v) is 5.07. The molecule has 0 radical (unpaired) electrons. The molecular weight excluding hydrogens is 402 g/mol. The zero-order chi connectivity index (χ0) is 19.6. The van der Waals surface area contributed by atoms with Crippen molar-refractivity contribution < 1.29 is 23.0 Å². The van der Waals surface area contributed by atoms with Gasteiger partial charge in [0.2, 0.25) is 0 Å². The van der Waals surface area contributed by atoms with E-state index in [0.29, 0.717) is 34.7 Å². The molecule has 1 aliphatic rings. The summed E-state index contributed by atoms with van der Waals surface area (Å²) in [6.07, 6.45) is -5.12. The van der Waals surface area contributed by atoms with Crippen LogP contribution in [0.15, 0.2) is 42.5 Å². The lowest BCUT2D eigenvalue weighted by Crippen LogP contribution is -2.42. The van der Waals surface area contributed by atoms with Crippen LogP contribution in [-0.4, -0.2) is 30.5 Å². The lowest BCUT2D eigenvalue weighted by molar-refractivity contribution is -0.200. The van der Waals surface area contributed by atoms with Crippen molar-refractivity contribution in [2.45, 2.75) is 25.1 Å². The van der Waals surface area contributed by atoms with Gasteiger partial charge in [-0.15, -0.1) is 0 Å². The molecule has 0 bridgehead atoms. The number of halogens is 5. The average molecular weight is 420 g/mol. The quantitative estimate of drug-likeness (QED) is 0.603. The third kappa shape index (κ3) is 5.43. The Bertz CT molecular complexity index is 797. The predicted molar refractivity (Wildman–Crippen MR) is 100.0 cm³/mol. The molecule has 1 aliphatic carbocycles. The molecule has 0 saturated heterocycles. The first-order valence-corrected chi connectivity index (χ1v) is 9.21. The standard InChI is InChI=1S/C19H18Cl2F3NO2/c20-15-5-2-6-16(18(15)21)27-14-4-1-3-13(9-14)25(10-12-7-8-12)11-17(26)19(22,23)24/h1-6,9,12,17,26H,7-8,10-11H2. The minimum Gasteiger partial charge on any atom is -0.456 e. The zero-order valence-electron chi connectivity index (χ0n) is 14.2. The summed E-state index contributed by atoms with van der Waals surface area (Å²) in [6, 6.07) is 11.6. The average Bonchev–Trinajstić information content (AvgIpc) is 3.42. The number of ether oxygens (including phenoxy) is 1. The molecule has 8 heteroatoms. The summed E-state index contributed by atoms with van der Waals surface area (Å²) >= 11 is 12.1. The fourth-order valence-electron chi connectivity index (χ4n) is 2.64. The van der Waals surface area contributed by atoms with E-state index in [4.69, 9.17) is 27.9 Å². The Hall–Kier alpha value is -1.63. The first kappa shape index (κ1) is 20.1. The molecule has 2 aromatic carbocycles. The minimum absolute atomic E-state index is 0.256. The van der Waals surface area contributed by atoms with Crippen molar-refractivity contribution in [3.05, 3.63) is 52.5 Å². The summed E-state index contributed by atoms with van der Waals surface area (Å²) in [6.45, 7) is -0.0735. The zero-order valence-corrected chi connectivity index (χ0v) is 15.7. The van der Waals surface area contributed by atoms with Gasteiger partial charge in [0.25, 0.3) is 0 Å². The summed E-state index contributed by atoms with van der Waals surface area (Å²) in [5.41, 5.74) is 0.542. The van der Waals surface area contributed by atoms with Crippen molar-refractivity contribution in [3.63, 3.8) is 0 Å². The highest BCUT2D eigenvalue weighted by molar-refractivity contribution is 6.42. The first-order chi connectivity index (χ1) is 12.7. The SMILES string of the molecule is OC(CN(CC1CC1)c1cccc(Oc2cccc(Cl)c2Cl)c1)C(F)(F)F. The van der Waals surface area contributed by atoms with Crippen molar-refractivity contribution in [3.8, 4) is 11.5 Å². The van der Waals surface area contributed by atoms with Crippen molar-refractivity contribution in [2.24, 2.45) is 5.92 Å². The monoisotopic (exact) mass is 419 g/mol. The number of hydrogen-bond acceptors (Lipinski definition) is 3. The van der Waals surface area contributed by atoms with Gasteiger partial charge in [0.1, 0.15) is 16.5 Å². The van der Waals surface area contributed by atoms with Crippen LogP contribution >= 0.6 is 23.2 Å². The Labute approximate surface area is 165 Å². The van der Waals surface area contributed by atoms with Crippen LogP contribution in [0.5, 0.6) is 11.5 Å². The summed E-state index contributed by atoms with van der Waals surface area (Å²) in [7, 11) is 0. The Morgan fingerprint density at radius 3 is 2.52 bits per heavy atom. The van der Waals surface area contributed by atoms with Gasteiger partial charge in [-0.3, -0.25) is 0 Å². The van der Waals surface area contributed by atoms with E-state index >= 15 is 0 Å². The lowest BCUT2D eigenvalue weighted by Gasteiger charge is -2.28. The minimum atomic E-state index is -4.66. The van der Waals surface area contributed by atoms with Crippen LogP contribution in [0.1, 0.15) is 12.8 Å². The van der Waals surface area contributed by atoms with E-state index in [2.05, 4.69) is 0 Å². The van der Waals surface area contributed by atoms with Gasteiger partial charge in [-0.25, -0.2) is 0 Å². The van der Waals surface area contributed by atoms with Crippen LogP contribution in [0, 0.1) is 5.92 Å². The summed E-state index contributed by atoms with van der Waals surface area (Å²) in [5, 5.41) is 10.1. The van der Waals surface area contributed by atoms with Gasteiger partial charge in [-0.1, -0.05) is 35.3 Å². The maximum absolute atomic E-state index is 12.8. The smallest absolute Gasteiger partial charge is 0.416 e. The first-order valence-electron chi connectivity index (χ1n) is 8.45. The molecule has 3 rings (SSSR count). The molecule has 1 atom stereocenters. The molecule has 0 aliphatic heterocycles. The van der Waals surface area contributed by atoms with Gasteiger partial charge < -0.3 is 14.7 Å². The van der Waals surface area contributed by atoms with Gasteiger partial charge in [-0.05, 0) is 43.0 Å². The second kappa shape index (κ2) is 8.17. The highest BCUT2D eigenvalue weighted by Crippen LogP contribution is 2.37. The second-order valence-corrected chi connectivity index (χ2v) is 7.34. The maximum Gasteiger partial charge on any atom is 0.416 e. The molecule has 1 fully saturated rings. The van der Waals surface area contributed by atoms with E-state index < -0.39 is 18.8 Å². The van der Waals surface area contributed by atoms with Crippen LogP contribution in [0.4, 0.5) is 18.9 Å². The topological polar surface area (TPSA) is 32.7 Å². The predicted octanol–water partition coefficient (Wildman–Crippen LogP) is 5.93. The molecule has 1 unspecified atom stereocenters. The van der Waals surface area contributed by atoms with Crippen molar-refractivity contribution in [1.82, 2.24) is 0 Å². The van der Waals surface area contributed by atoms with Crippen LogP contribution < -0.4 is 9.64 Å². The van der Waals surface area contributed by atoms with Gasteiger partial charge >= 0.3 is 6.18 Å². The third-order valence-electron chi connectivity index (χ3n) is 4.27. The highest BCUT2D eigenvalue weighted by Gasteiger charge is 2.40. The Kier molecular flexibility index (Phi) is 6.08. The van der Waals surface area contributed by atoms with Crippen molar-refractivity contribution in [2.75, 3.05) is 18.0 Å². The molecule has 2 aromatic rings. The van der Waals surface area contributed by atoms with E-state index in [1.165, 1.54) is 0 Å². The van der Waals surface area contributed by atoms with Crippen LogP contribution in [0.2, 0.25) is 10.0 Å². The molecule has 1 saturated carbocycles. The second-order valence-electron chi connectivity index (χ2n) is 6.56. The fraction of sp³-hybridized carbons (Fsp3) is 0.368. The molecule has 0 heterocycles. The number of aliphatic hydroxyl groups excluding tert-OH is 1. The maximum atomic E-state index is 12.8. The molecule has 3 nitrogen and oxygen atoms in total. The molecule has 146 valence electrons. The molecule has 0 amide bonds. The van der Waals surface area contributed by atoms with E-state index in [1.54, 1.807) is 47.4 Å². The Morgan fingerprint density at radius 2 is 1.85 bits per heavy atom. The van der Waals surface area contributed by atoms with Gasteiger partial charge in [0.05, 0.1) is 11.6 Å². The van der Waals surface area contributed by atoms with Gasteiger partial charge in [-0.2, -0.15) is 13.2 Å². The molecular formula is C19H18Cl2F3NO2. The number of benzene rings is 2.